The number of anilines is 1. The summed E-state index contributed by atoms with van der Waals surface area (Å²) in [5.41, 5.74) is 0.861. The summed E-state index contributed by atoms with van der Waals surface area (Å²) in [5.74, 6) is -1.33. The van der Waals surface area contributed by atoms with Crippen molar-refractivity contribution in [1.29, 1.82) is 5.26 Å². The van der Waals surface area contributed by atoms with E-state index in [0.29, 0.717) is 37.2 Å². The second-order valence-electron chi connectivity index (χ2n) is 10.6. The molecule has 0 aliphatic carbocycles. The molecular weight excluding hydrogens is 582 g/mol. The number of hydrogen-bond donors (Lipinski definition) is 0. The first-order valence-electron chi connectivity index (χ1n) is 13.6. The molecule has 2 aromatic carbocycles. The SMILES string of the molecule is CCOC(=O)CS(=O)(=O)N(CC=Cc1cccc(C#N)c1)c1ccc(OC2CCN(C(=O)OC(C)(C)C)CC2)c(Cl)c1. The minimum absolute atomic E-state index is 0.0536. The van der Waals surface area contributed by atoms with Crippen LogP contribution in [0.25, 0.3) is 6.08 Å². The molecule has 0 spiro atoms. The van der Waals surface area contributed by atoms with Crippen LogP contribution in [0.2, 0.25) is 5.02 Å². The third-order valence-electron chi connectivity index (χ3n) is 6.13. The fourth-order valence-corrected chi connectivity index (χ4v) is 5.71. The molecule has 10 nitrogen and oxygen atoms in total. The maximum atomic E-state index is 13.3. The van der Waals surface area contributed by atoms with Gasteiger partial charge in [0.1, 0.15) is 17.5 Å². The van der Waals surface area contributed by atoms with Gasteiger partial charge in [0.05, 0.1) is 35.5 Å². The minimum Gasteiger partial charge on any atom is -0.489 e. The van der Waals surface area contributed by atoms with Crippen molar-refractivity contribution in [3.05, 3.63) is 64.7 Å². The molecule has 0 atom stereocenters. The van der Waals surface area contributed by atoms with Gasteiger partial charge in [-0.1, -0.05) is 35.9 Å². The standard InChI is InChI=1S/C30H36ClN3O7S/c1-5-39-28(35)21-42(37,38)34(15-7-10-22-8-6-9-23(18-22)20-32)24-11-12-27(26(31)19-24)40-25-13-16-33(17-14-25)29(36)41-30(2,3)4/h6-12,18-19,25H,5,13-17,21H2,1-4H3. The topological polar surface area (TPSA) is 126 Å². The van der Waals surface area contributed by atoms with E-state index in [9.17, 15) is 18.0 Å². The number of nitriles is 1. The van der Waals surface area contributed by atoms with Crippen LogP contribution >= 0.6 is 11.6 Å². The molecule has 226 valence electrons. The second kappa shape index (κ2) is 14.4. The first-order chi connectivity index (χ1) is 19.8. The van der Waals surface area contributed by atoms with Crippen molar-refractivity contribution in [2.75, 3.05) is 36.3 Å². The summed E-state index contributed by atoms with van der Waals surface area (Å²) in [6, 6.07) is 13.5. The predicted molar refractivity (Wildman–Crippen MR) is 161 cm³/mol. The summed E-state index contributed by atoms with van der Waals surface area (Å²) < 4.78 is 44.0. The lowest BCUT2D eigenvalue weighted by Gasteiger charge is -2.33. The number of hydrogen-bond acceptors (Lipinski definition) is 8. The lowest BCUT2D eigenvalue weighted by Crippen LogP contribution is -2.44. The van der Waals surface area contributed by atoms with E-state index >= 15 is 0 Å². The zero-order valence-corrected chi connectivity index (χ0v) is 25.8. The molecule has 0 saturated carbocycles. The molecule has 42 heavy (non-hydrogen) atoms. The van der Waals surface area contributed by atoms with Crippen LogP contribution in [0.1, 0.15) is 51.7 Å². The van der Waals surface area contributed by atoms with Crippen molar-refractivity contribution in [3.8, 4) is 11.8 Å². The van der Waals surface area contributed by atoms with E-state index in [4.69, 9.17) is 31.1 Å². The van der Waals surface area contributed by atoms with E-state index in [1.807, 2.05) is 20.8 Å². The molecule has 1 heterocycles. The Hall–Kier alpha value is -3.75. The van der Waals surface area contributed by atoms with Crippen LogP contribution < -0.4 is 9.04 Å². The summed E-state index contributed by atoms with van der Waals surface area (Å²) in [6.45, 7) is 7.95. The van der Waals surface area contributed by atoms with E-state index in [-0.39, 0.29) is 36.1 Å². The highest BCUT2D eigenvalue weighted by Gasteiger charge is 2.29. The van der Waals surface area contributed by atoms with Crippen molar-refractivity contribution in [1.82, 2.24) is 4.90 Å². The summed E-state index contributed by atoms with van der Waals surface area (Å²) in [7, 11) is -4.14. The predicted octanol–water partition coefficient (Wildman–Crippen LogP) is 5.40. The Bertz CT molecular complexity index is 1440. The van der Waals surface area contributed by atoms with Crippen molar-refractivity contribution >= 4 is 45.5 Å². The molecular formula is C30H36ClN3O7S. The number of likely N-dealkylation sites (tertiary alicyclic amines) is 1. The fourth-order valence-electron chi connectivity index (χ4n) is 4.21. The quantitative estimate of drug-likeness (QED) is 0.324. The normalized spacial score (nSPS) is 14.3. The van der Waals surface area contributed by atoms with E-state index in [1.165, 1.54) is 6.07 Å². The fraction of sp³-hybridized carbons (Fsp3) is 0.433. The van der Waals surface area contributed by atoms with Gasteiger partial charge in [0, 0.05) is 25.9 Å². The van der Waals surface area contributed by atoms with Crippen LogP contribution in [0.4, 0.5) is 10.5 Å². The maximum Gasteiger partial charge on any atom is 0.410 e. The zero-order valence-electron chi connectivity index (χ0n) is 24.2. The van der Waals surface area contributed by atoms with Gasteiger partial charge in [-0.05, 0) is 63.6 Å². The Morgan fingerprint density at radius 3 is 2.50 bits per heavy atom. The van der Waals surface area contributed by atoms with Crippen molar-refractivity contribution in [2.24, 2.45) is 0 Å². The van der Waals surface area contributed by atoms with Crippen LogP contribution in [0.5, 0.6) is 5.75 Å². The highest BCUT2D eigenvalue weighted by atomic mass is 35.5. The van der Waals surface area contributed by atoms with Gasteiger partial charge in [0.15, 0.2) is 5.75 Å². The molecule has 1 aliphatic heterocycles. The van der Waals surface area contributed by atoms with Crippen LogP contribution in [-0.2, 0) is 24.3 Å². The van der Waals surface area contributed by atoms with Crippen LogP contribution in [0.3, 0.4) is 0 Å². The Balaban J connectivity index is 1.75. The van der Waals surface area contributed by atoms with Gasteiger partial charge in [-0.25, -0.2) is 13.2 Å². The third-order valence-corrected chi connectivity index (χ3v) is 8.06. The average molecular weight is 618 g/mol. The first-order valence-corrected chi connectivity index (χ1v) is 15.6. The summed E-state index contributed by atoms with van der Waals surface area (Å²) in [6.07, 6.45) is 3.92. The van der Waals surface area contributed by atoms with E-state index in [0.717, 1.165) is 9.87 Å². The molecule has 0 bridgehead atoms. The smallest absolute Gasteiger partial charge is 0.410 e. The van der Waals surface area contributed by atoms with Gasteiger partial charge in [-0.3, -0.25) is 9.10 Å². The molecule has 1 fully saturated rings. The zero-order chi connectivity index (χ0) is 30.9. The average Bonchev–Trinajstić information content (AvgIpc) is 2.91. The molecule has 12 heteroatoms. The lowest BCUT2D eigenvalue weighted by atomic mass is 10.1. The second-order valence-corrected chi connectivity index (χ2v) is 12.9. The van der Waals surface area contributed by atoms with Crippen molar-refractivity contribution < 1.29 is 32.2 Å². The number of carbonyl (C=O) groups is 2. The van der Waals surface area contributed by atoms with Gasteiger partial charge in [-0.15, -0.1) is 0 Å². The Morgan fingerprint density at radius 1 is 1.17 bits per heavy atom. The minimum atomic E-state index is -4.14. The molecule has 0 aromatic heterocycles. The van der Waals surface area contributed by atoms with Crippen LogP contribution in [0, 0.1) is 11.3 Å². The molecule has 3 rings (SSSR count). The van der Waals surface area contributed by atoms with Gasteiger partial charge in [0.2, 0.25) is 10.0 Å². The number of ether oxygens (including phenoxy) is 3. The number of benzene rings is 2. The molecule has 1 aliphatic rings. The Morgan fingerprint density at radius 2 is 1.88 bits per heavy atom. The summed E-state index contributed by atoms with van der Waals surface area (Å²) in [5, 5.41) is 9.33. The number of rotatable bonds is 10. The Labute approximate surface area is 252 Å². The number of carbonyl (C=O) groups excluding carboxylic acids is 2. The van der Waals surface area contributed by atoms with Gasteiger partial charge >= 0.3 is 12.1 Å². The van der Waals surface area contributed by atoms with Crippen molar-refractivity contribution in [3.63, 3.8) is 0 Å². The van der Waals surface area contributed by atoms with Crippen molar-refractivity contribution in [2.45, 2.75) is 52.2 Å². The largest absolute Gasteiger partial charge is 0.489 e. The number of sulfonamides is 1. The molecule has 2 aromatic rings. The third kappa shape index (κ3) is 9.67. The number of halogens is 1. The number of amides is 1. The maximum absolute atomic E-state index is 13.3. The van der Waals surface area contributed by atoms with Gasteiger partial charge in [-0.2, -0.15) is 5.26 Å². The monoisotopic (exact) mass is 617 g/mol. The molecule has 0 radical (unpaired) electrons. The van der Waals surface area contributed by atoms with Gasteiger partial charge in [0.25, 0.3) is 0 Å². The summed E-state index contributed by atoms with van der Waals surface area (Å²) >= 11 is 6.54. The van der Waals surface area contributed by atoms with E-state index in [1.54, 1.807) is 60.4 Å². The summed E-state index contributed by atoms with van der Waals surface area (Å²) in [4.78, 5) is 26.1. The molecule has 1 saturated heterocycles. The number of nitrogens with zero attached hydrogens (tertiary/aromatic N) is 3. The van der Waals surface area contributed by atoms with Gasteiger partial charge < -0.3 is 19.1 Å². The van der Waals surface area contributed by atoms with E-state index < -0.39 is 27.3 Å². The first kappa shape index (κ1) is 32.8. The molecule has 0 unspecified atom stereocenters. The number of esters is 1. The molecule has 1 amide bonds. The number of piperidine rings is 1. The van der Waals surface area contributed by atoms with E-state index in [2.05, 4.69) is 6.07 Å². The highest BCUT2D eigenvalue weighted by Crippen LogP contribution is 2.33. The molecule has 0 N–H and O–H groups in total. The van der Waals surface area contributed by atoms with Crippen LogP contribution in [-0.4, -0.2) is 69.1 Å². The Kier molecular flexibility index (Phi) is 11.3. The lowest BCUT2D eigenvalue weighted by molar-refractivity contribution is -0.139. The van der Waals surface area contributed by atoms with Crippen LogP contribution in [0.15, 0.2) is 48.5 Å². The highest BCUT2D eigenvalue weighted by molar-refractivity contribution is 7.93.